The van der Waals surface area contributed by atoms with E-state index in [1.54, 1.807) is 0 Å². The van der Waals surface area contributed by atoms with Crippen molar-refractivity contribution in [3.8, 4) is 0 Å². The van der Waals surface area contributed by atoms with Gasteiger partial charge in [-0.3, -0.25) is 4.79 Å². The molecule has 0 N–H and O–H groups in total. The number of carbonyl (C=O) groups excluding carboxylic acids is 1. The molecule has 4 rings (SSSR count). The lowest BCUT2D eigenvalue weighted by molar-refractivity contribution is 0.0673. The molecular formula is C24H27N3O. The molecular weight excluding hydrogens is 346 g/mol. The Hall–Kier alpha value is -2.88. The first-order valence-electron chi connectivity index (χ1n) is 10.1. The van der Waals surface area contributed by atoms with E-state index < -0.39 is 0 Å². The molecule has 1 atom stereocenters. The van der Waals surface area contributed by atoms with Crippen LogP contribution in [0.4, 0.5) is 0 Å². The number of carbonyl (C=O) groups is 1. The van der Waals surface area contributed by atoms with Gasteiger partial charge in [-0.2, -0.15) is 0 Å². The highest BCUT2D eigenvalue weighted by Crippen LogP contribution is 2.22. The number of imidazole rings is 1. The molecule has 0 spiro atoms. The Morgan fingerprint density at radius 2 is 1.93 bits per heavy atom. The fourth-order valence-corrected chi connectivity index (χ4v) is 4.12. The van der Waals surface area contributed by atoms with E-state index in [1.165, 1.54) is 12.0 Å². The summed E-state index contributed by atoms with van der Waals surface area (Å²) < 4.78 is 2.10. The Morgan fingerprint density at radius 1 is 1.11 bits per heavy atom. The first-order chi connectivity index (χ1) is 13.7. The number of hydrogen-bond donors (Lipinski definition) is 0. The van der Waals surface area contributed by atoms with Crippen molar-refractivity contribution >= 4 is 5.91 Å². The fraction of sp³-hybridized carbons (Fsp3) is 0.333. The van der Waals surface area contributed by atoms with E-state index in [-0.39, 0.29) is 5.91 Å². The zero-order chi connectivity index (χ0) is 19.3. The number of hydrogen-bond acceptors (Lipinski definition) is 2. The average Bonchev–Trinajstić information content (AvgIpc) is 3.13. The van der Waals surface area contributed by atoms with Crippen LogP contribution in [-0.2, 0) is 13.0 Å². The van der Waals surface area contributed by atoms with Gasteiger partial charge < -0.3 is 9.47 Å². The molecule has 1 fully saturated rings. The molecule has 2 heterocycles. The van der Waals surface area contributed by atoms with Gasteiger partial charge in [-0.1, -0.05) is 42.5 Å². The Balaban J connectivity index is 1.43. The van der Waals surface area contributed by atoms with Crippen LogP contribution in [-0.4, -0.2) is 33.4 Å². The van der Waals surface area contributed by atoms with Crippen molar-refractivity contribution in [2.75, 3.05) is 13.1 Å². The molecule has 28 heavy (non-hydrogen) atoms. The molecule has 0 unspecified atom stereocenters. The summed E-state index contributed by atoms with van der Waals surface area (Å²) in [6.45, 7) is 4.44. The van der Waals surface area contributed by atoms with Crippen molar-refractivity contribution in [1.82, 2.24) is 14.5 Å². The van der Waals surface area contributed by atoms with Crippen LogP contribution in [0.15, 0.2) is 67.0 Å². The van der Waals surface area contributed by atoms with Crippen LogP contribution in [0.1, 0.15) is 40.2 Å². The molecule has 4 heteroatoms. The minimum absolute atomic E-state index is 0.155. The zero-order valence-electron chi connectivity index (χ0n) is 16.4. The third-order valence-electron chi connectivity index (χ3n) is 5.62. The van der Waals surface area contributed by atoms with Crippen LogP contribution in [0, 0.1) is 12.8 Å². The van der Waals surface area contributed by atoms with Gasteiger partial charge in [0.2, 0.25) is 0 Å². The van der Waals surface area contributed by atoms with E-state index in [2.05, 4.69) is 45.9 Å². The molecule has 1 saturated heterocycles. The van der Waals surface area contributed by atoms with Crippen LogP contribution in [0.3, 0.4) is 0 Å². The molecule has 4 nitrogen and oxygen atoms in total. The largest absolute Gasteiger partial charge is 0.338 e. The Kier molecular flexibility index (Phi) is 5.56. The normalized spacial score (nSPS) is 16.9. The molecule has 2 aromatic carbocycles. The van der Waals surface area contributed by atoms with Gasteiger partial charge in [0, 0.05) is 37.6 Å². The van der Waals surface area contributed by atoms with Gasteiger partial charge in [-0.15, -0.1) is 0 Å². The van der Waals surface area contributed by atoms with Crippen LogP contribution in [0.5, 0.6) is 0 Å². The summed E-state index contributed by atoms with van der Waals surface area (Å²) in [6.07, 6.45) is 7.11. The van der Waals surface area contributed by atoms with E-state index in [0.717, 1.165) is 49.4 Å². The van der Waals surface area contributed by atoms with E-state index in [0.29, 0.717) is 5.92 Å². The first kappa shape index (κ1) is 18.5. The number of nitrogens with zero attached hydrogens (tertiary/aromatic N) is 3. The van der Waals surface area contributed by atoms with E-state index in [4.69, 9.17) is 0 Å². The molecule has 0 saturated carbocycles. The lowest BCUT2D eigenvalue weighted by atomic mass is 9.91. The van der Waals surface area contributed by atoms with Crippen molar-refractivity contribution in [3.63, 3.8) is 0 Å². The minimum atomic E-state index is 0.155. The summed E-state index contributed by atoms with van der Waals surface area (Å²) in [7, 11) is 0. The number of aryl methyl sites for hydroxylation is 1. The Labute approximate surface area is 166 Å². The number of rotatable bonds is 5. The lowest BCUT2D eigenvalue weighted by Crippen LogP contribution is -2.40. The van der Waals surface area contributed by atoms with Gasteiger partial charge in [0.25, 0.3) is 5.91 Å². The number of benzene rings is 2. The average molecular weight is 374 g/mol. The van der Waals surface area contributed by atoms with Gasteiger partial charge in [-0.05, 0) is 55.4 Å². The molecule has 1 aliphatic rings. The topological polar surface area (TPSA) is 38.1 Å². The maximum Gasteiger partial charge on any atom is 0.253 e. The second-order valence-corrected chi connectivity index (χ2v) is 7.75. The standard InChI is InChI=1S/C24H27N3O/c1-19-25-12-14-26(19)17-22-9-5-11-23(16-22)24(28)27-13-6-10-21(18-27)15-20-7-3-2-4-8-20/h2-5,7-9,11-12,14,16,21H,6,10,13,15,17-18H2,1H3/t21-/m1/s1. The highest BCUT2D eigenvalue weighted by atomic mass is 16.2. The monoisotopic (exact) mass is 373 g/mol. The van der Waals surface area contributed by atoms with Gasteiger partial charge in [0.1, 0.15) is 5.82 Å². The van der Waals surface area contributed by atoms with Crippen LogP contribution in [0.25, 0.3) is 0 Å². The van der Waals surface area contributed by atoms with Gasteiger partial charge in [-0.25, -0.2) is 4.98 Å². The molecule has 1 amide bonds. The number of aromatic nitrogens is 2. The molecule has 3 aromatic rings. The number of piperidine rings is 1. The zero-order valence-corrected chi connectivity index (χ0v) is 16.4. The molecule has 0 bridgehead atoms. The maximum atomic E-state index is 13.1. The summed E-state index contributed by atoms with van der Waals surface area (Å²) in [4.78, 5) is 19.4. The predicted molar refractivity (Wildman–Crippen MR) is 111 cm³/mol. The third kappa shape index (κ3) is 4.33. The third-order valence-corrected chi connectivity index (χ3v) is 5.62. The quantitative estimate of drug-likeness (QED) is 0.667. The van der Waals surface area contributed by atoms with E-state index >= 15 is 0 Å². The molecule has 1 aliphatic heterocycles. The van der Waals surface area contributed by atoms with Crippen molar-refractivity contribution < 1.29 is 4.79 Å². The number of likely N-dealkylation sites (tertiary alicyclic amines) is 1. The van der Waals surface area contributed by atoms with Gasteiger partial charge in [0.05, 0.1) is 0 Å². The maximum absolute atomic E-state index is 13.1. The summed E-state index contributed by atoms with van der Waals surface area (Å²) in [6, 6.07) is 18.6. The van der Waals surface area contributed by atoms with Crippen molar-refractivity contribution in [1.29, 1.82) is 0 Å². The second-order valence-electron chi connectivity index (χ2n) is 7.75. The van der Waals surface area contributed by atoms with Crippen molar-refractivity contribution in [2.24, 2.45) is 5.92 Å². The molecule has 0 radical (unpaired) electrons. The van der Waals surface area contributed by atoms with Gasteiger partial charge >= 0.3 is 0 Å². The van der Waals surface area contributed by atoms with E-state index in [9.17, 15) is 4.79 Å². The van der Waals surface area contributed by atoms with Crippen LogP contribution >= 0.6 is 0 Å². The summed E-state index contributed by atoms with van der Waals surface area (Å²) >= 11 is 0. The molecule has 144 valence electrons. The summed E-state index contributed by atoms with van der Waals surface area (Å²) in [5.74, 6) is 1.68. The first-order valence-corrected chi connectivity index (χ1v) is 10.1. The highest BCUT2D eigenvalue weighted by Gasteiger charge is 2.24. The summed E-state index contributed by atoms with van der Waals surface area (Å²) in [5, 5.41) is 0. The molecule has 1 aromatic heterocycles. The minimum Gasteiger partial charge on any atom is -0.338 e. The Bertz CT molecular complexity index is 932. The second kappa shape index (κ2) is 8.42. The van der Waals surface area contributed by atoms with Crippen molar-refractivity contribution in [2.45, 2.75) is 32.7 Å². The highest BCUT2D eigenvalue weighted by molar-refractivity contribution is 5.94. The van der Waals surface area contributed by atoms with Crippen LogP contribution < -0.4 is 0 Å². The smallest absolute Gasteiger partial charge is 0.253 e. The van der Waals surface area contributed by atoms with Gasteiger partial charge in [0.15, 0.2) is 0 Å². The van der Waals surface area contributed by atoms with Crippen molar-refractivity contribution in [3.05, 3.63) is 89.5 Å². The molecule has 0 aliphatic carbocycles. The summed E-state index contributed by atoms with van der Waals surface area (Å²) in [5.41, 5.74) is 3.28. The Morgan fingerprint density at radius 3 is 2.71 bits per heavy atom. The number of amides is 1. The van der Waals surface area contributed by atoms with Crippen LogP contribution in [0.2, 0.25) is 0 Å². The SMILES string of the molecule is Cc1nccn1Cc1cccc(C(=O)N2CCC[C@H](Cc3ccccc3)C2)c1. The fourth-order valence-electron chi connectivity index (χ4n) is 4.12. The lowest BCUT2D eigenvalue weighted by Gasteiger charge is -2.33. The van der Waals surface area contributed by atoms with E-state index in [1.807, 2.05) is 42.4 Å². The predicted octanol–water partition coefficient (Wildman–Crippen LogP) is 4.33.